The summed E-state index contributed by atoms with van der Waals surface area (Å²) in [6.07, 6.45) is 1.85. The Labute approximate surface area is 116 Å². The highest BCUT2D eigenvalue weighted by atomic mass is 32.1. The quantitative estimate of drug-likeness (QED) is 0.778. The highest BCUT2D eigenvalue weighted by molar-refractivity contribution is 7.09. The van der Waals surface area contributed by atoms with Gasteiger partial charge >= 0.3 is 0 Å². The number of benzene rings is 1. The van der Waals surface area contributed by atoms with Gasteiger partial charge < -0.3 is 9.73 Å². The molecule has 0 radical (unpaired) electrons. The van der Waals surface area contributed by atoms with E-state index in [0.29, 0.717) is 0 Å². The molecule has 0 saturated carbocycles. The average molecular weight is 272 g/mol. The molecule has 2 aromatic heterocycles. The van der Waals surface area contributed by atoms with Crippen molar-refractivity contribution in [2.24, 2.45) is 0 Å². The summed E-state index contributed by atoms with van der Waals surface area (Å²) in [5.74, 6) is 0. The minimum absolute atomic E-state index is 0.255. The van der Waals surface area contributed by atoms with Gasteiger partial charge in [0.05, 0.1) is 17.5 Å². The van der Waals surface area contributed by atoms with Crippen LogP contribution in [0.3, 0.4) is 0 Å². The normalized spacial score (nSPS) is 12.9. The second kappa shape index (κ2) is 5.15. The van der Waals surface area contributed by atoms with E-state index in [1.807, 2.05) is 36.9 Å². The van der Waals surface area contributed by atoms with E-state index >= 15 is 0 Å². The second-order valence-electron chi connectivity index (χ2n) is 4.65. The summed E-state index contributed by atoms with van der Waals surface area (Å²) < 4.78 is 5.58. The Morgan fingerprint density at radius 1 is 1.37 bits per heavy atom. The molecule has 1 N–H and O–H groups in total. The third-order valence-corrected chi connectivity index (χ3v) is 4.33. The maximum atomic E-state index is 5.58. The molecule has 0 unspecified atom stereocenters. The molecule has 3 aromatic rings. The zero-order chi connectivity index (χ0) is 13.2. The molecule has 1 atom stereocenters. The van der Waals surface area contributed by atoms with Gasteiger partial charge in [-0.05, 0) is 19.9 Å². The van der Waals surface area contributed by atoms with Crippen molar-refractivity contribution in [3.8, 4) is 0 Å². The van der Waals surface area contributed by atoms with Crippen LogP contribution in [0.2, 0.25) is 0 Å². The average Bonchev–Trinajstić information content (AvgIpc) is 3.02. The second-order valence-corrected chi connectivity index (χ2v) is 5.59. The lowest BCUT2D eigenvalue weighted by molar-refractivity contribution is 0.556. The summed E-state index contributed by atoms with van der Waals surface area (Å²) in [6.45, 7) is 5.05. The van der Waals surface area contributed by atoms with Crippen LogP contribution in [0.25, 0.3) is 11.0 Å². The summed E-state index contributed by atoms with van der Waals surface area (Å²) in [5.41, 5.74) is 5.16. The van der Waals surface area contributed by atoms with Crippen LogP contribution >= 0.6 is 11.3 Å². The van der Waals surface area contributed by atoms with Crippen molar-refractivity contribution in [1.82, 2.24) is 10.3 Å². The SMILES string of the molecule is Cc1ncsc1CN[C@@H](C)c1coc2ccccc12. The van der Waals surface area contributed by atoms with Crippen molar-refractivity contribution >= 4 is 22.3 Å². The number of nitrogens with zero attached hydrogens (tertiary/aromatic N) is 1. The van der Waals surface area contributed by atoms with E-state index in [1.54, 1.807) is 11.3 Å². The number of para-hydroxylation sites is 1. The van der Waals surface area contributed by atoms with Crippen molar-refractivity contribution in [2.45, 2.75) is 26.4 Å². The molecular weight excluding hydrogens is 256 g/mol. The van der Waals surface area contributed by atoms with E-state index in [1.165, 1.54) is 15.8 Å². The van der Waals surface area contributed by atoms with Crippen LogP contribution in [0.4, 0.5) is 0 Å². The first kappa shape index (κ1) is 12.4. The molecule has 1 aromatic carbocycles. The molecule has 0 saturated heterocycles. The predicted molar refractivity (Wildman–Crippen MR) is 78.3 cm³/mol. The monoisotopic (exact) mass is 272 g/mol. The predicted octanol–water partition coefficient (Wildman–Crippen LogP) is 4.05. The zero-order valence-corrected chi connectivity index (χ0v) is 11.8. The van der Waals surface area contributed by atoms with Gasteiger partial charge in [0.1, 0.15) is 5.58 Å². The number of hydrogen-bond acceptors (Lipinski definition) is 4. The minimum atomic E-state index is 0.255. The Morgan fingerprint density at radius 2 is 2.21 bits per heavy atom. The molecule has 0 aliphatic carbocycles. The number of aromatic nitrogens is 1. The van der Waals surface area contributed by atoms with Gasteiger partial charge in [-0.3, -0.25) is 0 Å². The highest BCUT2D eigenvalue weighted by Gasteiger charge is 2.12. The Hall–Kier alpha value is -1.65. The summed E-state index contributed by atoms with van der Waals surface area (Å²) in [5, 5.41) is 4.71. The van der Waals surface area contributed by atoms with Crippen LogP contribution in [0, 0.1) is 6.92 Å². The standard InChI is InChI=1S/C15H16N2OS/c1-10(16-7-15-11(2)17-9-19-15)13-8-18-14-6-4-3-5-12(13)14/h3-6,8-10,16H,7H2,1-2H3/t10-/m0/s1. The van der Waals surface area contributed by atoms with Crippen LogP contribution < -0.4 is 5.32 Å². The third-order valence-electron chi connectivity index (χ3n) is 3.39. The first-order valence-corrected chi connectivity index (χ1v) is 7.22. The molecule has 3 nitrogen and oxygen atoms in total. The van der Waals surface area contributed by atoms with E-state index in [4.69, 9.17) is 4.42 Å². The number of rotatable bonds is 4. The lowest BCUT2D eigenvalue weighted by Gasteiger charge is -2.12. The van der Waals surface area contributed by atoms with Crippen molar-refractivity contribution in [3.63, 3.8) is 0 Å². The van der Waals surface area contributed by atoms with Gasteiger partial charge in [-0.25, -0.2) is 4.98 Å². The zero-order valence-electron chi connectivity index (χ0n) is 11.0. The van der Waals surface area contributed by atoms with E-state index < -0.39 is 0 Å². The van der Waals surface area contributed by atoms with Gasteiger partial charge in [0, 0.05) is 28.4 Å². The number of thiazole rings is 1. The maximum absolute atomic E-state index is 5.58. The van der Waals surface area contributed by atoms with Crippen LogP contribution in [0.1, 0.15) is 29.1 Å². The van der Waals surface area contributed by atoms with Gasteiger partial charge in [0.15, 0.2) is 0 Å². The van der Waals surface area contributed by atoms with E-state index in [0.717, 1.165) is 17.8 Å². The molecular formula is C15H16N2OS. The Morgan fingerprint density at radius 3 is 3.00 bits per heavy atom. The molecule has 0 bridgehead atoms. The Kier molecular flexibility index (Phi) is 3.36. The first-order valence-electron chi connectivity index (χ1n) is 6.34. The molecule has 98 valence electrons. The number of aryl methyl sites for hydroxylation is 1. The van der Waals surface area contributed by atoms with Crippen molar-refractivity contribution < 1.29 is 4.42 Å². The Balaban J connectivity index is 1.77. The maximum Gasteiger partial charge on any atom is 0.134 e. The molecule has 0 spiro atoms. The largest absolute Gasteiger partial charge is 0.464 e. The molecule has 3 rings (SSSR count). The molecule has 4 heteroatoms. The molecule has 0 aliphatic rings. The van der Waals surface area contributed by atoms with Gasteiger partial charge in [-0.2, -0.15) is 0 Å². The summed E-state index contributed by atoms with van der Waals surface area (Å²) in [4.78, 5) is 5.56. The number of nitrogens with one attached hydrogen (secondary N) is 1. The van der Waals surface area contributed by atoms with Crippen LogP contribution in [-0.2, 0) is 6.54 Å². The topological polar surface area (TPSA) is 38.1 Å². The Bertz CT molecular complexity index is 686. The fourth-order valence-corrected chi connectivity index (χ4v) is 2.91. The lowest BCUT2D eigenvalue weighted by Crippen LogP contribution is -2.17. The van der Waals surface area contributed by atoms with E-state index in [-0.39, 0.29) is 6.04 Å². The number of hydrogen-bond donors (Lipinski definition) is 1. The fourth-order valence-electron chi connectivity index (χ4n) is 2.19. The summed E-state index contributed by atoms with van der Waals surface area (Å²) in [7, 11) is 0. The van der Waals surface area contributed by atoms with Crippen molar-refractivity contribution in [2.75, 3.05) is 0 Å². The number of fused-ring (bicyclic) bond motifs is 1. The van der Waals surface area contributed by atoms with Crippen molar-refractivity contribution in [1.29, 1.82) is 0 Å². The van der Waals surface area contributed by atoms with Crippen LogP contribution in [0.15, 0.2) is 40.5 Å². The first-order chi connectivity index (χ1) is 9.25. The van der Waals surface area contributed by atoms with Gasteiger partial charge in [-0.1, -0.05) is 18.2 Å². The number of furan rings is 1. The molecule has 19 heavy (non-hydrogen) atoms. The molecule has 0 amide bonds. The van der Waals surface area contributed by atoms with E-state index in [9.17, 15) is 0 Å². The summed E-state index contributed by atoms with van der Waals surface area (Å²) >= 11 is 1.70. The van der Waals surface area contributed by atoms with Gasteiger partial charge in [0.2, 0.25) is 0 Å². The van der Waals surface area contributed by atoms with Crippen LogP contribution in [0.5, 0.6) is 0 Å². The lowest BCUT2D eigenvalue weighted by atomic mass is 10.1. The molecule has 2 heterocycles. The van der Waals surface area contributed by atoms with Crippen molar-refractivity contribution in [3.05, 3.63) is 52.2 Å². The van der Waals surface area contributed by atoms with E-state index in [2.05, 4.69) is 23.3 Å². The van der Waals surface area contributed by atoms with Crippen LogP contribution in [-0.4, -0.2) is 4.98 Å². The van der Waals surface area contributed by atoms with Gasteiger partial charge in [0.25, 0.3) is 0 Å². The summed E-state index contributed by atoms with van der Waals surface area (Å²) in [6, 6.07) is 8.39. The fraction of sp³-hybridized carbons (Fsp3) is 0.267. The highest BCUT2D eigenvalue weighted by Crippen LogP contribution is 2.26. The molecule has 0 aliphatic heterocycles. The minimum Gasteiger partial charge on any atom is -0.464 e. The molecule has 0 fully saturated rings. The third kappa shape index (κ3) is 2.41. The van der Waals surface area contributed by atoms with Gasteiger partial charge in [-0.15, -0.1) is 11.3 Å². The smallest absolute Gasteiger partial charge is 0.134 e.